The van der Waals surface area contributed by atoms with E-state index < -0.39 is 24.5 Å². The van der Waals surface area contributed by atoms with E-state index in [2.05, 4.69) is 0 Å². The molecule has 0 saturated carbocycles. The molecule has 4 atom stereocenters. The molecule has 0 spiro atoms. The van der Waals surface area contributed by atoms with Gasteiger partial charge in [0.25, 0.3) is 0 Å². The van der Waals surface area contributed by atoms with Gasteiger partial charge in [0.2, 0.25) is 0 Å². The first kappa shape index (κ1) is 28.3. The number of carbonyl (C=O) groups is 1. The third kappa shape index (κ3) is 15.7. The molecule has 0 radical (unpaired) electrons. The molecular weight excluding hydrogens is 396 g/mol. The highest BCUT2D eigenvalue weighted by Gasteiger charge is 2.34. The molecule has 0 aliphatic carbocycles. The average Bonchev–Trinajstić information content (AvgIpc) is 2.73. The lowest BCUT2D eigenvalue weighted by Gasteiger charge is -2.35. The molecule has 1 saturated heterocycles. The molecule has 0 aromatic rings. The summed E-state index contributed by atoms with van der Waals surface area (Å²) >= 11 is 0. The molecule has 1 rings (SSSR count). The Morgan fingerprint density at radius 2 is 1.16 bits per heavy atom. The standard InChI is InChI=1S/C25H48O6/c1-21-22(26)20-23(27)25(31-21)30-19-17-15-13-11-9-7-5-3-2-4-6-8-10-12-14-16-18-24(28)29/h21-23,25-27H,2-20H2,1H3,(H,28,29). The number of carboxylic acid groups (broad SMARTS) is 1. The van der Waals surface area contributed by atoms with Gasteiger partial charge in [0.05, 0.1) is 12.2 Å². The number of hydrogen-bond acceptors (Lipinski definition) is 5. The first-order chi connectivity index (χ1) is 15.0. The van der Waals surface area contributed by atoms with Crippen molar-refractivity contribution in [1.82, 2.24) is 0 Å². The summed E-state index contributed by atoms with van der Waals surface area (Å²) in [5, 5.41) is 28.1. The van der Waals surface area contributed by atoms with Crippen molar-refractivity contribution in [3.05, 3.63) is 0 Å². The Bertz CT molecular complexity index is 430. The molecule has 0 amide bonds. The van der Waals surface area contributed by atoms with Crippen molar-refractivity contribution in [1.29, 1.82) is 0 Å². The molecule has 184 valence electrons. The van der Waals surface area contributed by atoms with E-state index >= 15 is 0 Å². The number of ether oxygens (including phenoxy) is 2. The zero-order valence-electron chi connectivity index (χ0n) is 19.8. The van der Waals surface area contributed by atoms with E-state index in [1.54, 1.807) is 0 Å². The van der Waals surface area contributed by atoms with E-state index in [4.69, 9.17) is 14.6 Å². The SMILES string of the molecule is CC1OC(OCCCCCCCCCCCCCCCCCCC(=O)O)C(O)CC1O. The number of aliphatic carboxylic acids is 1. The first-order valence-electron chi connectivity index (χ1n) is 12.9. The summed E-state index contributed by atoms with van der Waals surface area (Å²) in [6.45, 7) is 2.41. The van der Waals surface area contributed by atoms with E-state index in [-0.39, 0.29) is 6.10 Å². The Balaban J connectivity index is 1.74. The predicted octanol–water partition coefficient (Wildman–Crippen LogP) is 5.58. The van der Waals surface area contributed by atoms with E-state index in [0.717, 1.165) is 25.7 Å². The fourth-order valence-corrected chi connectivity index (χ4v) is 4.15. The maximum Gasteiger partial charge on any atom is 0.303 e. The van der Waals surface area contributed by atoms with Crippen LogP contribution in [0.25, 0.3) is 0 Å². The monoisotopic (exact) mass is 444 g/mol. The molecule has 4 unspecified atom stereocenters. The van der Waals surface area contributed by atoms with Gasteiger partial charge >= 0.3 is 5.97 Å². The Morgan fingerprint density at radius 1 is 0.742 bits per heavy atom. The molecule has 0 aromatic carbocycles. The first-order valence-corrected chi connectivity index (χ1v) is 12.9. The minimum Gasteiger partial charge on any atom is -0.481 e. The number of aliphatic hydroxyl groups excluding tert-OH is 2. The third-order valence-electron chi connectivity index (χ3n) is 6.25. The highest BCUT2D eigenvalue weighted by atomic mass is 16.7. The van der Waals surface area contributed by atoms with Gasteiger partial charge in [-0.3, -0.25) is 4.79 Å². The molecule has 1 aliphatic rings. The average molecular weight is 445 g/mol. The van der Waals surface area contributed by atoms with Crippen molar-refractivity contribution >= 4 is 5.97 Å². The Kier molecular flexibility index (Phi) is 17.2. The lowest BCUT2D eigenvalue weighted by atomic mass is 10.0. The molecule has 0 aromatic heterocycles. The zero-order chi connectivity index (χ0) is 22.7. The summed E-state index contributed by atoms with van der Waals surface area (Å²) in [4.78, 5) is 10.4. The van der Waals surface area contributed by atoms with Crippen LogP contribution >= 0.6 is 0 Å². The van der Waals surface area contributed by atoms with Crippen LogP contribution in [0, 0.1) is 0 Å². The number of unbranched alkanes of at least 4 members (excludes halogenated alkanes) is 15. The van der Waals surface area contributed by atoms with E-state index in [1.807, 2.05) is 6.92 Å². The lowest BCUT2D eigenvalue weighted by Crippen LogP contribution is -2.47. The van der Waals surface area contributed by atoms with Gasteiger partial charge in [0.15, 0.2) is 6.29 Å². The van der Waals surface area contributed by atoms with E-state index in [9.17, 15) is 15.0 Å². The molecule has 6 nitrogen and oxygen atoms in total. The maximum absolute atomic E-state index is 10.4. The van der Waals surface area contributed by atoms with Crippen molar-refractivity contribution in [2.24, 2.45) is 0 Å². The number of rotatable bonds is 20. The normalized spacial score (nSPS) is 23.8. The van der Waals surface area contributed by atoms with Crippen molar-refractivity contribution < 1.29 is 29.6 Å². The van der Waals surface area contributed by atoms with Gasteiger partial charge in [-0.25, -0.2) is 0 Å². The summed E-state index contributed by atoms with van der Waals surface area (Å²) in [6.07, 6.45) is 18.1. The zero-order valence-corrected chi connectivity index (χ0v) is 19.8. The van der Waals surface area contributed by atoms with Crippen LogP contribution in [0.2, 0.25) is 0 Å². The van der Waals surface area contributed by atoms with Crippen LogP contribution in [0.3, 0.4) is 0 Å². The Morgan fingerprint density at radius 3 is 1.61 bits per heavy atom. The molecule has 31 heavy (non-hydrogen) atoms. The molecule has 1 aliphatic heterocycles. The summed E-state index contributed by atoms with van der Waals surface area (Å²) in [5.41, 5.74) is 0. The van der Waals surface area contributed by atoms with Crippen molar-refractivity contribution in [3.8, 4) is 0 Å². The van der Waals surface area contributed by atoms with Crippen molar-refractivity contribution in [3.63, 3.8) is 0 Å². The third-order valence-corrected chi connectivity index (χ3v) is 6.25. The van der Waals surface area contributed by atoms with Gasteiger partial charge < -0.3 is 24.8 Å². The van der Waals surface area contributed by atoms with Gasteiger partial charge in [-0.1, -0.05) is 89.9 Å². The summed E-state index contributed by atoms with van der Waals surface area (Å²) in [5.74, 6) is -0.672. The molecular formula is C25H48O6. The largest absolute Gasteiger partial charge is 0.481 e. The summed E-state index contributed by atoms with van der Waals surface area (Å²) in [7, 11) is 0. The highest BCUT2D eigenvalue weighted by molar-refractivity contribution is 5.66. The van der Waals surface area contributed by atoms with E-state index in [1.165, 1.54) is 77.0 Å². The second kappa shape index (κ2) is 18.8. The Labute approximate surface area is 189 Å². The minimum atomic E-state index is -0.735. The fraction of sp³-hybridized carbons (Fsp3) is 0.960. The van der Waals surface area contributed by atoms with Crippen LogP contribution in [-0.4, -0.2) is 52.5 Å². The van der Waals surface area contributed by atoms with Gasteiger partial charge in [-0.15, -0.1) is 0 Å². The molecule has 1 fully saturated rings. The van der Waals surface area contributed by atoms with Crippen LogP contribution in [0.1, 0.15) is 122 Å². The van der Waals surface area contributed by atoms with Crippen LogP contribution in [0.15, 0.2) is 0 Å². The van der Waals surface area contributed by atoms with Crippen LogP contribution in [0.5, 0.6) is 0 Å². The van der Waals surface area contributed by atoms with Crippen LogP contribution in [-0.2, 0) is 14.3 Å². The maximum atomic E-state index is 10.4. The van der Waals surface area contributed by atoms with Gasteiger partial charge in [0.1, 0.15) is 6.10 Å². The lowest BCUT2D eigenvalue weighted by molar-refractivity contribution is -0.261. The number of aliphatic hydroxyl groups is 2. The second-order valence-corrected chi connectivity index (χ2v) is 9.25. The second-order valence-electron chi connectivity index (χ2n) is 9.25. The highest BCUT2D eigenvalue weighted by Crippen LogP contribution is 2.21. The quantitative estimate of drug-likeness (QED) is 0.212. The minimum absolute atomic E-state index is 0.282. The van der Waals surface area contributed by atoms with Gasteiger partial charge in [-0.2, -0.15) is 0 Å². The van der Waals surface area contributed by atoms with E-state index in [0.29, 0.717) is 19.4 Å². The van der Waals surface area contributed by atoms with Gasteiger partial charge in [-0.05, 0) is 19.8 Å². The topological polar surface area (TPSA) is 96.2 Å². The van der Waals surface area contributed by atoms with Crippen LogP contribution in [0.4, 0.5) is 0 Å². The number of carboxylic acids is 1. The van der Waals surface area contributed by atoms with Gasteiger partial charge in [0, 0.05) is 19.4 Å². The van der Waals surface area contributed by atoms with Crippen molar-refractivity contribution in [2.75, 3.05) is 6.61 Å². The molecule has 6 heteroatoms. The summed E-state index contributed by atoms with van der Waals surface area (Å²) in [6, 6.07) is 0. The van der Waals surface area contributed by atoms with Crippen LogP contribution < -0.4 is 0 Å². The Hall–Kier alpha value is -0.690. The predicted molar refractivity (Wildman–Crippen MR) is 123 cm³/mol. The molecule has 1 heterocycles. The van der Waals surface area contributed by atoms with Crippen molar-refractivity contribution in [2.45, 2.75) is 147 Å². The smallest absolute Gasteiger partial charge is 0.303 e. The number of hydrogen-bond donors (Lipinski definition) is 3. The molecule has 0 bridgehead atoms. The summed E-state index contributed by atoms with van der Waals surface area (Å²) < 4.78 is 11.2. The fourth-order valence-electron chi connectivity index (χ4n) is 4.15. The molecule has 3 N–H and O–H groups in total.